The van der Waals surface area contributed by atoms with Crippen LogP contribution in [0.1, 0.15) is 29.8 Å². The smallest absolute Gasteiger partial charge is 0.271 e. The molecule has 0 aromatic heterocycles. The van der Waals surface area contributed by atoms with Gasteiger partial charge < -0.3 is 9.64 Å². The first-order valence-electron chi connectivity index (χ1n) is 8.00. The van der Waals surface area contributed by atoms with Crippen LogP contribution >= 0.6 is 0 Å². The zero-order valence-electron chi connectivity index (χ0n) is 14.3. The zero-order valence-corrected chi connectivity index (χ0v) is 14.3. The molecule has 0 fully saturated rings. The molecule has 2 aromatic carbocycles. The fourth-order valence-corrected chi connectivity index (χ4v) is 2.35. The van der Waals surface area contributed by atoms with Crippen LogP contribution in [0.15, 0.2) is 53.6 Å². The van der Waals surface area contributed by atoms with Crippen molar-refractivity contribution in [1.82, 2.24) is 5.43 Å². The van der Waals surface area contributed by atoms with Crippen molar-refractivity contribution in [1.29, 1.82) is 0 Å². The quantitative estimate of drug-likeness (QED) is 0.628. The largest absolute Gasteiger partial charge is 0.497 e. The number of anilines is 1. The van der Waals surface area contributed by atoms with Gasteiger partial charge in [0, 0.05) is 24.3 Å². The number of benzene rings is 2. The number of hydrazone groups is 1. The van der Waals surface area contributed by atoms with Crippen LogP contribution in [0.5, 0.6) is 5.75 Å². The summed E-state index contributed by atoms with van der Waals surface area (Å²) in [5.41, 5.74) is 5.13. The van der Waals surface area contributed by atoms with Crippen molar-refractivity contribution < 1.29 is 9.53 Å². The number of nitrogens with zero attached hydrogens (tertiary/aromatic N) is 2. The van der Waals surface area contributed by atoms with Crippen LogP contribution in [-0.2, 0) is 0 Å². The van der Waals surface area contributed by atoms with E-state index in [4.69, 9.17) is 4.74 Å². The van der Waals surface area contributed by atoms with Gasteiger partial charge in [-0.25, -0.2) is 5.43 Å². The molecule has 2 rings (SSSR count). The van der Waals surface area contributed by atoms with E-state index in [0.717, 1.165) is 18.7 Å². The number of carbonyl (C=O) groups excluding carboxylic acids is 1. The Kier molecular flexibility index (Phi) is 6.37. The Morgan fingerprint density at radius 2 is 1.88 bits per heavy atom. The van der Waals surface area contributed by atoms with Crippen molar-refractivity contribution >= 4 is 17.8 Å². The highest BCUT2D eigenvalue weighted by Crippen LogP contribution is 2.14. The second kappa shape index (κ2) is 8.72. The summed E-state index contributed by atoms with van der Waals surface area (Å²) < 4.78 is 5.11. The normalized spacial score (nSPS) is 10.6. The molecule has 0 aliphatic heterocycles. The molecule has 0 saturated carbocycles. The van der Waals surface area contributed by atoms with Gasteiger partial charge in [-0.2, -0.15) is 5.10 Å². The Balaban J connectivity index is 1.97. The van der Waals surface area contributed by atoms with Crippen molar-refractivity contribution in [2.75, 3.05) is 25.1 Å². The molecule has 2 aromatic rings. The van der Waals surface area contributed by atoms with E-state index < -0.39 is 0 Å². The van der Waals surface area contributed by atoms with E-state index in [1.807, 2.05) is 12.1 Å². The molecule has 5 nitrogen and oxygen atoms in total. The van der Waals surface area contributed by atoms with Gasteiger partial charge in [0.15, 0.2) is 0 Å². The predicted octanol–water partition coefficient (Wildman–Crippen LogP) is 3.31. The summed E-state index contributed by atoms with van der Waals surface area (Å²) in [6, 6.07) is 15.0. The molecule has 126 valence electrons. The predicted molar refractivity (Wildman–Crippen MR) is 98.1 cm³/mol. The van der Waals surface area contributed by atoms with Crippen molar-refractivity contribution in [2.45, 2.75) is 13.8 Å². The number of methoxy groups -OCH3 is 1. The number of carbonyl (C=O) groups is 1. The molecular formula is C19H23N3O2. The van der Waals surface area contributed by atoms with Crippen LogP contribution in [0, 0.1) is 0 Å². The molecule has 0 aliphatic rings. The third-order valence-corrected chi connectivity index (χ3v) is 3.73. The lowest BCUT2D eigenvalue weighted by atomic mass is 10.2. The maximum Gasteiger partial charge on any atom is 0.271 e. The first-order chi connectivity index (χ1) is 11.7. The van der Waals surface area contributed by atoms with E-state index in [1.54, 1.807) is 37.6 Å². The summed E-state index contributed by atoms with van der Waals surface area (Å²) in [4.78, 5) is 14.3. The molecule has 0 spiro atoms. The highest BCUT2D eigenvalue weighted by molar-refractivity contribution is 5.95. The molecular weight excluding hydrogens is 302 g/mol. The number of hydrogen-bond acceptors (Lipinski definition) is 4. The second-order valence-corrected chi connectivity index (χ2v) is 5.19. The van der Waals surface area contributed by atoms with Crippen molar-refractivity contribution in [3.8, 4) is 5.75 Å². The fourth-order valence-electron chi connectivity index (χ4n) is 2.35. The molecule has 0 radical (unpaired) electrons. The molecule has 0 atom stereocenters. The van der Waals surface area contributed by atoms with Crippen LogP contribution in [0.3, 0.4) is 0 Å². The van der Waals surface area contributed by atoms with Crippen LogP contribution < -0.4 is 15.1 Å². The highest BCUT2D eigenvalue weighted by Gasteiger charge is 2.05. The molecule has 0 saturated heterocycles. The lowest BCUT2D eigenvalue weighted by Crippen LogP contribution is -2.21. The molecule has 5 heteroatoms. The van der Waals surface area contributed by atoms with Gasteiger partial charge in [-0.05, 0) is 49.7 Å². The Labute approximate surface area is 142 Å². The Morgan fingerprint density at radius 3 is 2.50 bits per heavy atom. The SMILES string of the molecule is CCN(CC)c1ccc(/C=N\NC(=O)c2cccc(OC)c2)cc1. The highest BCUT2D eigenvalue weighted by atomic mass is 16.5. The maximum absolute atomic E-state index is 12.0. The second-order valence-electron chi connectivity index (χ2n) is 5.19. The van der Waals surface area contributed by atoms with Crippen LogP contribution in [0.25, 0.3) is 0 Å². The van der Waals surface area contributed by atoms with Crippen LogP contribution in [0.2, 0.25) is 0 Å². The minimum atomic E-state index is -0.273. The average Bonchev–Trinajstić information content (AvgIpc) is 2.64. The van der Waals surface area contributed by atoms with Gasteiger partial charge in [0.1, 0.15) is 5.75 Å². The summed E-state index contributed by atoms with van der Waals surface area (Å²) in [5.74, 6) is 0.364. The third kappa shape index (κ3) is 4.59. The standard InChI is InChI=1S/C19H23N3O2/c1-4-22(5-2)17-11-9-15(10-12-17)14-20-21-19(23)16-7-6-8-18(13-16)24-3/h6-14H,4-5H2,1-3H3,(H,21,23)/b20-14-. The van der Waals surface area contributed by atoms with Crippen LogP contribution in [-0.4, -0.2) is 32.3 Å². The van der Waals surface area contributed by atoms with Crippen LogP contribution in [0.4, 0.5) is 5.69 Å². The number of amides is 1. The summed E-state index contributed by atoms with van der Waals surface area (Å²) in [6.07, 6.45) is 1.63. The first kappa shape index (κ1) is 17.5. The average molecular weight is 325 g/mol. The van der Waals surface area contributed by atoms with E-state index in [-0.39, 0.29) is 5.91 Å². The molecule has 1 N–H and O–H groups in total. The fraction of sp³-hybridized carbons (Fsp3) is 0.263. The molecule has 0 unspecified atom stereocenters. The molecule has 24 heavy (non-hydrogen) atoms. The van der Waals surface area contributed by atoms with Gasteiger partial charge in [0.05, 0.1) is 13.3 Å². The summed E-state index contributed by atoms with van der Waals surface area (Å²) in [6.45, 7) is 6.21. The summed E-state index contributed by atoms with van der Waals surface area (Å²) in [7, 11) is 1.57. The first-order valence-corrected chi connectivity index (χ1v) is 8.00. The lowest BCUT2D eigenvalue weighted by Gasteiger charge is -2.20. The van der Waals surface area contributed by atoms with Gasteiger partial charge in [0.2, 0.25) is 0 Å². The topological polar surface area (TPSA) is 53.9 Å². The molecule has 0 heterocycles. The van der Waals surface area contributed by atoms with Gasteiger partial charge in [-0.3, -0.25) is 4.79 Å². The lowest BCUT2D eigenvalue weighted by molar-refractivity contribution is 0.0955. The monoisotopic (exact) mass is 325 g/mol. The molecule has 1 amide bonds. The van der Waals surface area contributed by atoms with E-state index in [0.29, 0.717) is 11.3 Å². The number of nitrogens with one attached hydrogen (secondary N) is 1. The summed E-state index contributed by atoms with van der Waals surface area (Å²) in [5, 5.41) is 4.01. The van der Waals surface area contributed by atoms with Crippen molar-refractivity contribution in [3.05, 3.63) is 59.7 Å². The third-order valence-electron chi connectivity index (χ3n) is 3.73. The van der Waals surface area contributed by atoms with E-state index in [1.165, 1.54) is 5.69 Å². The number of hydrogen-bond donors (Lipinski definition) is 1. The van der Waals surface area contributed by atoms with Gasteiger partial charge in [-0.1, -0.05) is 18.2 Å². The van der Waals surface area contributed by atoms with Crippen molar-refractivity contribution in [2.24, 2.45) is 5.10 Å². The minimum absolute atomic E-state index is 0.273. The van der Waals surface area contributed by atoms with E-state index in [2.05, 4.69) is 41.4 Å². The summed E-state index contributed by atoms with van der Waals surface area (Å²) >= 11 is 0. The zero-order chi connectivity index (χ0) is 17.4. The molecule has 0 bridgehead atoms. The Bertz CT molecular complexity index is 692. The minimum Gasteiger partial charge on any atom is -0.497 e. The Hall–Kier alpha value is -2.82. The maximum atomic E-state index is 12.0. The van der Waals surface area contributed by atoms with E-state index >= 15 is 0 Å². The van der Waals surface area contributed by atoms with Gasteiger partial charge >= 0.3 is 0 Å². The molecule has 0 aliphatic carbocycles. The van der Waals surface area contributed by atoms with Crippen molar-refractivity contribution in [3.63, 3.8) is 0 Å². The van der Waals surface area contributed by atoms with E-state index in [9.17, 15) is 4.79 Å². The number of rotatable bonds is 7. The van der Waals surface area contributed by atoms with Gasteiger partial charge in [0.25, 0.3) is 5.91 Å². The Morgan fingerprint density at radius 1 is 1.17 bits per heavy atom. The van der Waals surface area contributed by atoms with Gasteiger partial charge in [-0.15, -0.1) is 0 Å². The number of ether oxygens (including phenoxy) is 1.